The average molecular weight is 285 g/mol. The van der Waals surface area contributed by atoms with Crippen LogP contribution in [0.3, 0.4) is 0 Å². The van der Waals surface area contributed by atoms with Crippen molar-refractivity contribution in [3.05, 3.63) is 52.3 Å². The van der Waals surface area contributed by atoms with Crippen LogP contribution in [-0.4, -0.2) is 16.8 Å². The van der Waals surface area contributed by atoms with E-state index in [2.05, 4.69) is 55.0 Å². The molecule has 1 heterocycles. The minimum atomic E-state index is 0.865. The highest BCUT2D eigenvalue weighted by Gasteiger charge is 2.14. The fourth-order valence-corrected chi connectivity index (χ4v) is 2.83. The number of rotatable bonds is 7. The third-order valence-electron chi connectivity index (χ3n) is 4.04. The van der Waals surface area contributed by atoms with Crippen LogP contribution in [0.1, 0.15) is 48.8 Å². The summed E-state index contributed by atoms with van der Waals surface area (Å²) in [6, 6.07) is 8.89. The van der Waals surface area contributed by atoms with Crippen LogP contribution in [0.15, 0.2) is 24.3 Å². The first-order valence-electron chi connectivity index (χ1n) is 8.03. The van der Waals surface area contributed by atoms with E-state index >= 15 is 0 Å². The summed E-state index contributed by atoms with van der Waals surface area (Å²) in [7, 11) is 2.00. The van der Waals surface area contributed by atoms with Gasteiger partial charge in [-0.15, -0.1) is 0 Å². The molecule has 2 aromatic rings. The summed E-state index contributed by atoms with van der Waals surface area (Å²) in [4.78, 5) is 0. The maximum atomic E-state index is 4.83. The van der Waals surface area contributed by atoms with Gasteiger partial charge in [-0.1, -0.05) is 45.0 Å². The quantitative estimate of drug-likeness (QED) is 0.845. The highest BCUT2D eigenvalue weighted by Crippen LogP contribution is 2.18. The highest BCUT2D eigenvalue weighted by molar-refractivity contribution is 5.29. The lowest BCUT2D eigenvalue weighted by Crippen LogP contribution is -2.10. The lowest BCUT2D eigenvalue weighted by atomic mass is 10.1. The molecule has 2 rings (SSSR count). The van der Waals surface area contributed by atoms with E-state index in [1.54, 1.807) is 0 Å². The Balaban J connectivity index is 2.29. The van der Waals surface area contributed by atoms with Crippen LogP contribution in [0.5, 0.6) is 0 Å². The molecule has 1 aromatic carbocycles. The SMILES string of the molecule is CCc1ccc(Cn2nc(CC)c(CNC)c2CC)cc1. The van der Waals surface area contributed by atoms with Crippen molar-refractivity contribution < 1.29 is 0 Å². The standard InChI is InChI=1S/C18H27N3/c1-5-14-8-10-15(11-9-14)13-21-18(7-3)16(12-19-4)17(6-2)20-21/h8-11,19H,5-7,12-13H2,1-4H3. The molecule has 21 heavy (non-hydrogen) atoms. The lowest BCUT2D eigenvalue weighted by molar-refractivity contribution is 0.638. The summed E-state index contributed by atoms with van der Waals surface area (Å²) in [6.45, 7) is 8.36. The van der Waals surface area contributed by atoms with E-state index in [1.165, 1.54) is 28.1 Å². The molecule has 0 amide bonds. The summed E-state index contributed by atoms with van der Waals surface area (Å²) < 4.78 is 2.19. The summed E-state index contributed by atoms with van der Waals surface area (Å²) in [6.07, 6.45) is 3.11. The monoisotopic (exact) mass is 285 g/mol. The summed E-state index contributed by atoms with van der Waals surface area (Å²) in [5.41, 5.74) is 6.68. The van der Waals surface area contributed by atoms with Crippen molar-refractivity contribution in [2.24, 2.45) is 0 Å². The van der Waals surface area contributed by atoms with Gasteiger partial charge in [-0.3, -0.25) is 4.68 Å². The molecule has 0 aliphatic carbocycles. The number of hydrogen-bond acceptors (Lipinski definition) is 2. The predicted octanol–water partition coefficient (Wildman–Crippen LogP) is 3.34. The van der Waals surface area contributed by atoms with Gasteiger partial charge in [-0.25, -0.2) is 0 Å². The molecule has 0 saturated heterocycles. The van der Waals surface area contributed by atoms with Crippen molar-refractivity contribution in [2.45, 2.75) is 53.1 Å². The van der Waals surface area contributed by atoms with Gasteiger partial charge >= 0.3 is 0 Å². The number of nitrogens with zero attached hydrogens (tertiary/aromatic N) is 2. The number of aryl methyl sites for hydroxylation is 2. The average Bonchev–Trinajstić information content (AvgIpc) is 2.85. The van der Waals surface area contributed by atoms with Crippen LogP contribution >= 0.6 is 0 Å². The van der Waals surface area contributed by atoms with Crippen LogP contribution in [-0.2, 0) is 32.4 Å². The van der Waals surface area contributed by atoms with Crippen LogP contribution in [0.4, 0.5) is 0 Å². The molecular weight excluding hydrogens is 258 g/mol. The van der Waals surface area contributed by atoms with E-state index in [9.17, 15) is 0 Å². The molecular formula is C18H27N3. The van der Waals surface area contributed by atoms with Gasteiger partial charge in [-0.05, 0) is 37.4 Å². The van der Waals surface area contributed by atoms with Gasteiger partial charge in [-0.2, -0.15) is 5.10 Å². The molecule has 0 aliphatic heterocycles. The zero-order chi connectivity index (χ0) is 15.2. The molecule has 0 saturated carbocycles. The van der Waals surface area contributed by atoms with E-state index in [-0.39, 0.29) is 0 Å². The second-order valence-electron chi connectivity index (χ2n) is 5.44. The van der Waals surface area contributed by atoms with Crippen LogP contribution in [0.25, 0.3) is 0 Å². The zero-order valence-corrected chi connectivity index (χ0v) is 13.7. The van der Waals surface area contributed by atoms with Gasteiger partial charge in [0.15, 0.2) is 0 Å². The number of hydrogen-bond donors (Lipinski definition) is 1. The van der Waals surface area contributed by atoms with Crippen molar-refractivity contribution >= 4 is 0 Å². The first kappa shape index (κ1) is 15.8. The molecule has 1 aromatic heterocycles. The third kappa shape index (κ3) is 3.53. The topological polar surface area (TPSA) is 29.9 Å². The summed E-state index contributed by atoms with van der Waals surface area (Å²) in [5, 5.41) is 8.10. The van der Waals surface area contributed by atoms with Gasteiger partial charge in [0.05, 0.1) is 12.2 Å². The zero-order valence-electron chi connectivity index (χ0n) is 13.7. The normalized spacial score (nSPS) is 11.0. The molecule has 0 bridgehead atoms. The molecule has 0 unspecified atom stereocenters. The number of nitrogens with one attached hydrogen (secondary N) is 1. The van der Waals surface area contributed by atoms with Gasteiger partial charge in [0.25, 0.3) is 0 Å². The van der Waals surface area contributed by atoms with E-state index in [4.69, 9.17) is 5.10 Å². The maximum absolute atomic E-state index is 4.83. The molecule has 0 fully saturated rings. The van der Waals surface area contributed by atoms with Crippen molar-refractivity contribution in [2.75, 3.05) is 7.05 Å². The van der Waals surface area contributed by atoms with E-state index in [0.29, 0.717) is 0 Å². The van der Waals surface area contributed by atoms with Crippen molar-refractivity contribution in [3.63, 3.8) is 0 Å². The van der Waals surface area contributed by atoms with Gasteiger partial charge in [0.2, 0.25) is 0 Å². The van der Waals surface area contributed by atoms with Crippen LogP contribution < -0.4 is 5.32 Å². The first-order chi connectivity index (χ1) is 10.2. The van der Waals surface area contributed by atoms with Gasteiger partial charge in [0.1, 0.15) is 0 Å². The van der Waals surface area contributed by atoms with Gasteiger partial charge < -0.3 is 5.32 Å². The Kier molecular flexibility index (Phi) is 5.57. The minimum absolute atomic E-state index is 0.865. The molecule has 0 spiro atoms. The molecule has 114 valence electrons. The van der Waals surface area contributed by atoms with Crippen LogP contribution in [0, 0.1) is 0 Å². The largest absolute Gasteiger partial charge is 0.316 e. The Morgan fingerprint density at radius 2 is 1.62 bits per heavy atom. The molecule has 0 radical (unpaired) electrons. The fraction of sp³-hybridized carbons (Fsp3) is 0.500. The predicted molar refractivity (Wildman–Crippen MR) is 88.7 cm³/mol. The van der Waals surface area contributed by atoms with E-state index in [1.807, 2.05) is 7.05 Å². The first-order valence-corrected chi connectivity index (χ1v) is 8.03. The third-order valence-corrected chi connectivity index (χ3v) is 4.04. The summed E-state index contributed by atoms with van der Waals surface area (Å²) in [5.74, 6) is 0. The smallest absolute Gasteiger partial charge is 0.0669 e. The lowest BCUT2D eigenvalue weighted by Gasteiger charge is -2.08. The molecule has 1 N–H and O–H groups in total. The maximum Gasteiger partial charge on any atom is 0.0669 e. The van der Waals surface area contributed by atoms with Crippen molar-refractivity contribution in [1.29, 1.82) is 0 Å². The second-order valence-corrected chi connectivity index (χ2v) is 5.44. The Morgan fingerprint density at radius 3 is 2.14 bits per heavy atom. The van der Waals surface area contributed by atoms with Gasteiger partial charge in [0, 0.05) is 17.8 Å². The molecule has 3 nitrogen and oxygen atoms in total. The number of benzene rings is 1. The van der Waals surface area contributed by atoms with E-state index < -0.39 is 0 Å². The molecule has 3 heteroatoms. The highest BCUT2D eigenvalue weighted by atomic mass is 15.3. The second kappa shape index (κ2) is 7.41. The minimum Gasteiger partial charge on any atom is -0.316 e. The fourth-order valence-electron chi connectivity index (χ4n) is 2.83. The van der Waals surface area contributed by atoms with Crippen molar-refractivity contribution in [1.82, 2.24) is 15.1 Å². The molecule has 0 atom stereocenters. The van der Waals surface area contributed by atoms with Crippen LogP contribution in [0.2, 0.25) is 0 Å². The Labute approximate surface area is 128 Å². The molecule has 0 aliphatic rings. The Hall–Kier alpha value is -1.61. The Morgan fingerprint density at radius 1 is 0.952 bits per heavy atom. The Bertz CT molecular complexity index is 567. The van der Waals surface area contributed by atoms with Crippen molar-refractivity contribution in [3.8, 4) is 0 Å². The number of aromatic nitrogens is 2. The summed E-state index contributed by atoms with van der Waals surface area (Å²) >= 11 is 0. The van der Waals surface area contributed by atoms with E-state index in [0.717, 1.165) is 32.4 Å².